The Hall–Kier alpha value is -2.86. The van der Waals surface area contributed by atoms with Crippen molar-refractivity contribution in [1.29, 1.82) is 0 Å². The number of carbonyl (C=O) groups excluding carboxylic acids is 2. The topological polar surface area (TPSA) is 76.7 Å². The van der Waals surface area contributed by atoms with Gasteiger partial charge in [-0.1, -0.05) is 62.4 Å². The van der Waals surface area contributed by atoms with Gasteiger partial charge in [0.15, 0.2) is 5.78 Å². The highest BCUT2D eigenvalue weighted by molar-refractivity contribution is 5.90. The van der Waals surface area contributed by atoms with Crippen LogP contribution in [0.2, 0.25) is 0 Å². The Morgan fingerprint density at radius 1 is 1.03 bits per heavy atom. The molecule has 1 aliphatic heterocycles. The number of alkyl carbamates (subject to hydrolysis) is 1. The van der Waals surface area contributed by atoms with E-state index < -0.39 is 12.1 Å². The molecule has 1 aliphatic rings. The van der Waals surface area contributed by atoms with E-state index in [1.165, 1.54) is 0 Å². The maximum Gasteiger partial charge on any atom is 0.408 e. The van der Waals surface area contributed by atoms with Crippen LogP contribution in [0.4, 0.5) is 4.79 Å². The van der Waals surface area contributed by atoms with Crippen molar-refractivity contribution in [2.24, 2.45) is 11.8 Å². The summed E-state index contributed by atoms with van der Waals surface area (Å²) in [5.74, 6) is 0.291. The van der Waals surface area contributed by atoms with Crippen LogP contribution in [-0.2, 0) is 16.1 Å². The Balaban J connectivity index is 1.60. The number of hydrogen-bond acceptors (Lipinski definition) is 5. The van der Waals surface area contributed by atoms with Crippen molar-refractivity contribution in [2.75, 3.05) is 13.1 Å². The van der Waals surface area contributed by atoms with Gasteiger partial charge in [0.25, 0.3) is 0 Å². The van der Waals surface area contributed by atoms with Gasteiger partial charge in [-0.2, -0.15) is 0 Å². The van der Waals surface area contributed by atoms with Gasteiger partial charge < -0.3 is 20.1 Å². The first-order valence-electron chi connectivity index (χ1n) is 9.98. The number of benzene rings is 2. The Labute approximate surface area is 171 Å². The van der Waals surface area contributed by atoms with E-state index in [-0.39, 0.29) is 30.3 Å². The van der Waals surface area contributed by atoms with Gasteiger partial charge in [-0.05, 0) is 23.6 Å². The molecule has 2 aromatic carbocycles. The quantitative estimate of drug-likeness (QED) is 0.717. The van der Waals surface area contributed by atoms with Crippen molar-refractivity contribution in [3.8, 4) is 5.75 Å². The first-order chi connectivity index (χ1) is 14.0. The lowest BCUT2D eigenvalue weighted by Gasteiger charge is -2.26. The predicted molar refractivity (Wildman–Crippen MR) is 111 cm³/mol. The number of rotatable bonds is 8. The number of ether oxygens (including phenoxy) is 2. The van der Waals surface area contributed by atoms with E-state index in [4.69, 9.17) is 9.47 Å². The Morgan fingerprint density at radius 3 is 2.34 bits per heavy atom. The average molecular weight is 396 g/mol. The van der Waals surface area contributed by atoms with Crippen LogP contribution in [0.5, 0.6) is 5.75 Å². The number of amides is 1. The van der Waals surface area contributed by atoms with Crippen molar-refractivity contribution >= 4 is 11.9 Å². The predicted octanol–water partition coefficient (Wildman–Crippen LogP) is 3.17. The van der Waals surface area contributed by atoms with E-state index in [1.54, 1.807) is 0 Å². The normalized spacial score (nSPS) is 19.6. The summed E-state index contributed by atoms with van der Waals surface area (Å²) in [4.78, 5) is 25.5. The summed E-state index contributed by atoms with van der Waals surface area (Å²) >= 11 is 0. The molecule has 1 fully saturated rings. The number of para-hydroxylation sites is 1. The van der Waals surface area contributed by atoms with Crippen molar-refractivity contribution in [3.05, 3.63) is 66.2 Å². The molecule has 0 bridgehead atoms. The second kappa shape index (κ2) is 10.1. The molecule has 1 amide bonds. The summed E-state index contributed by atoms with van der Waals surface area (Å²) in [5.41, 5.74) is 0.895. The molecule has 0 aromatic heterocycles. The van der Waals surface area contributed by atoms with E-state index in [2.05, 4.69) is 10.6 Å². The molecule has 1 heterocycles. The van der Waals surface area contributed by atoms with Crippen LogP contribution in [0, 0.1) is 11.8 Å². The average Bonchev–Trinajstić information content (AvgIpc) is 3.19. The van der Waals surface area contributed by atoms with E-state index in [9.17, 15) is 9.59 Å². The zero-order valence-electron chi connectivity index (χ0n) is 16.8. The smallest absolute Gasteiger partial charge is 0.408 e. The van der Waals surface area contributed by atoms with Crippen LogP contribution in [0.15, 0.2) is 60.7 Å². The number of nitrogens with one attached hydrogen (secondary N) is 2. The number of ketones is 1. The lowest BCUT2D eigenvalue weighted by atomic mass is 9.89. The van der Waals surface area contributed by atoms with E-state index in [0.717, 1.165) is 11.3 Å². The van der Waals surface area contributed by atoms with Gasteiger partial charge in [0.1, 0.15) is 18.5 Å². The molecule has 0 aliphatic carbocycles. The summed E-state index contributed by atoms with van der Waals surface area (Å²) in [6.45, 7) is 5.11. The van der Waals surface area contributed by atoms with Gasteiger partial charge >= 0.3 is 6.09 Å². The first kappa shape index (κ1) is 20.9. The van der Waals surface area contributed by atoms with E-state index >= 15 is 0 Å². The second-order valence-electron chi connectivity index (χ2n) is 7.56. The van der Waals surface area contributed by atoms with Crippen molar-refractivity contribution in [2.45, 2.75) is 32.6 Å². The summed E-state index contributed by atoms with van der Waals surface area (Å²) in [6.07, 6.45) is -0.860. The monoisotopic (exact) mass is 396 g/mol. The van der Waals surface area contributed by atoms with Crippen LogP contribution in [0.25, 0.3) is 0 Å². The molecule has 154 valence electrons. The van der Waals surface area contributed by atoms with Crippen LogP contribution in [0.1, 0.15) is 19.4 Å². The van der Waals surface area contributed by atoms with Crippen LogP contribution >= 0.6 is 0 Å². The zero-order valence-corrected chi connectivity index (χ0v) is 16.8. The van der Waals surface area contributed by atoms with Crippen molar-refractivity contribution in [3.63, 3.8) is 0 Å². The third-order valence-electron chi connectivity index (χ3n) is 5.01. The standard InChI is InChI=1S/C23H28N2O4/c1-16(2)21(25-23(27)28-15-17-9-5-3-6-10-17)22(26)19-13-24-14-20(19)29-18-11-7-4-8-12-18/h3-12,16,19-21,24H,13-15H2,1-2H3,(H,25,27). The fraction of sp³-hybridized carbons (Fsp3) is 0.391. The number of carbonyl (C=O) groups is 2. The van der Waals surface area contributed by atoms with Crippen LogP contribution in [-0.4, -0.2) is 37.1 Å². The minimum absolute atomic E-state index is 0.0393. The molecule has 1 saturated heterocycles. The van der Waals surface area contributed by atoms with E-state index in [1.807, 2.05) is 74.5 Å². The molecule has 0 spiro atoms. The molecule has 3 unspecified atom stereocenters. The molecule has 29 heavy (non-hydrogen) atoms. The highest BCUT2D eigenvalue weighted by Gasteiger charge is 2.39. The molecule has 2 N–H and O–H groups in total. The van der Waals surface area contributed by atoms with Gasteiger partial charge in [0.2, 0.25) is 0 Å². The fourth-order valence-electron chi connectivity index (χ4n) is 3.42. The Kier molecular flexibility index (Phi) is 7.25. The van der Waals surface area contributed by atoms with Gasteiger partial charge in [-0.3, -0.25) is 4.79 Å². The Morgan fingerprint density at radius 2 is 1.69 bits per heavy atom. The lowest BCUT2D eigenvalue weighted by molar-refractivity contribution is -0.127. The summed E-state index contributed by atoms with van der Waals surface area (Å²) in [7, 11) is 0. The zero-order chi connectivity index (χ0) is 20.6. The molecule has 6 nitrogen and oxygen atoms in total. The second-order valence-corrected chi connectivity index (χ2v) is 7.56. The molecule has 6 heteroatoms. The van der Waals surface area contributed by atoms with Gasteiger partial charge in [-0.25, -0.2) is 4.79 Å². The van der Waals surface area contributed by atoms with Gasteiger partial charge in [0, 0.05) is 13.1 Å². The molecular formula is C23H28N2O4. The molecule has 2 aromatic rings. The summed E-state index contributed by atoms with van der Waals surface area (Å²) < 4.78 is 11.3. The lowest BCUT2D eigenvalue weighted by Crippen LogP contribution is -2.49. The number of Topliss-reactive ketones (excluding diaryl/α,β-unsaturated/α-hetero) is 1. The molecule has 0 radical (unpaired) electrons. The van der Waals surface area contributed by atoms with Gasteiger partial charge in [0.05, 0.1) is 12.0 Å². The third kappa shape index (κ3) is 5.81. The first-order valence-corrected chi connectivity index (χ1v) is 9.98. The molecule has 3 rings (SSSR count). The third-order valence-corrected chi connectivity index (χ3v) is 5.01. The molecule has 0 saturated carbocycles. The Bertz CT molecular complexity index is 795. The summed E-state index contributed by atoms with van der Waals surface area (Å²) in [5, 5.41) is 5.98. The van der Waals surface area contributed by atoms with Crippen molar-refractivity contribution < 1.29 is 19.1 Å². The molecular weight excluding hydrogens is 368 g/mol. The SMILES string of the molecule is CC(C)C(NC(=O)OCc1ccccc1)C(=O)C1CNCC1Oc1ccccc1. The fourth-order valence-corrected chi connectivity index (χ4v) is 3.42. The minimum atomic E-state index is -0.634. The highest BCUT2D eigenvalue weighted by atomic mass is 16.5. The van der Waals surface area contributed by atoms with Crippen LogP contribution < -0.4 is 15.4 Å². The maximum atomic E-state index is 13.2. The largest absolute Gasteiger partial charge is 0.488 e. The maximum absolute atomic E-state index is 13.2. The van der Waals surface area contributed by atoms with E-state index in [0.29, 0.717) is 13.1 Å². The van der Waals surface area contributed by atoms with Crippen molar-refractivity contribution in [1.82, 2.24) is 10.6 Å². The minimum Gasteiger partial charge on any atom is -0.488 e. The molecule has 3 atom stereocenters. The van der Waals surface area contributed by atoms with Crippen LogP contribution in [0.3, 0.4) is 0 Å². The highest BCUT2D eigenvalue weighted by Crippen LogP contribution is 2.22. The summed E-state index contributed by atoms with van der Waals surface area (Å²) in [6, 6.07) is 18.3. The number of hydrogen-bond donors (Lipinski definition) is 2. The van der Waals surface area contributed by atoms with Gasteiger partial charge in [-0.15, -0.1) is 0 Å².